The number of anilines is 4. The molecule has 0 unspecified atom stereocenters. The number of alkyl halides is 3. The Labute approximate surface area is 165 Å². The molecule has 2 aromatic heterocycles. The van der Waals surface area contributed by atoms with Crippen molar-refractivity contribution in [1.82, 2.24) is 9.97 Å². The van der Waals surface area contributed by atoms with Crippen molar-refractivity contribution < 1.29 is 23.0 Å². The van der Waals surface area contributed by atoms with Crippen LogP contribution >= 0.6 is 0 Å². The number of halogens is 3. The second kappa shape index (κ2) is 7.98. The van der Waals surface area contributed by atoms with Gasteiger partial charge >= 0.3 is 17.6 Å². The van der Waals surface area contributed by atoms with Crippen molar-refractivity contribution in [1.29, 1.82) is 0 Å². The maximum absolute atomic E-state index is 13.3. The van der Waals surface area contributed by atoms with Crippen molar-refractivity contribution in [2.45, 2.75) is 6.18 Å². The summed E-state index contributed by atoms with van der Waals surface area (Å²) in [6, 6.07) is 7.54. The minimum Gasteiger partial charge on any atom is -0.334 e. The number of nitrogens with one attached hydrogen (secondary N) is 2. The Kier molecular flexibility index (Phi) is 5.44. The molecule has 0 aliphatic rings. The largest absolute Gasteiger partial charge is 0.416 e. The normalized spacial score (nSPS) is 11.0. The van der Waals surface area contributed by atoms with E-state index >= 15 is 0 Å². The minimum atomic E-state index is -4.75. The Bertz CT molecular complexity index is 1040. The molecule has 3 aromatic rings. The first kappa shape index (κ1) is 20.4. The van der Waals surface area contributed by atoms with Crippen LogP contribution in [0.5, 0.6) is 0 Å². The Morgan fingerprint density at radius 1 is 0.800 bits per heavy atom. The molecule has 1 aromatic carbocycles. The second-order valence-electron chi connectivity index (χ2n) is 5.80. The predicted octanol–water partition coefficient (Wildman–Crippen LogP) is 4.80. The van der Waals surface area contributed by atoms with Gasteiger partial charge in [0.25, 0.3) is 0 Å². The lowest BCUT2D eigenvalue weighted by Crippen LogP contribution is -2.08. The zero-order chi connectivity index (χ0) is 21.9. The highest BCUT2D eigenvalue weighted by Gasteiger charge is 2.32. The molecule has 13 heteroatoms. The molecule has 0 radical (unpaired) electrons. The van der Waals surface area contributed by atoms with Crippen molar-refractivity contribution in [2.75, 3.05) is 10.6 Å². The van der Waals surface area contributed by atoms with Gasteiger partial charge in [0, 0.05) is 35.9 Å². The lowest BCUT2D eigenvalue weighted by atomic mass is 10.1. The molecule has 0 saturated heterocycles. The number of hydrogen-bond donors (Lipinski definition) is 2. The maximum Gasteiger partial charge on any atom is 0.416 e. The average molecular weight is 420 g/mol. The van der Waals surface area contributed by atoms with E-state index in [1.807, 2.05) is 0 Å². The fraction of sp³-hybridized carbons (Fsp3) is 0.0588. The van der Waals surface area contributed by atoms with Crippen molar-refractivity contribution >= 4 is 34.4 Å². The van der Waals surface area contributed by atoms with Crippen LogP contribution in [-0.2, 0) is 6.18 Å². The standard InChI is InChI=1S/C17H11F3N6O4/c18-17(19,20)10-7-11(23-15-13(25(27)28)3-1-5-21-15)9-12(8-10)24-16-14(26(29)30)4-2-6-22-16/h1-9H,(H,21,23)(H,22,24). The third-order valence-electron chi connectivity index (χ3n) is 3.75. The van der Waals surface area contributed by atoms with Crippen LogP contribution in [0.25, 0.3) is 0 Å². The Balaban J connectivity index is 2.04. The van der Waals surface area contributed by atoms with E-state index in [2.05, 4.69) is 20.6 Å². The van der Waals surface area contributed by atoms with Gasteiger partial charge in [-0.05, 0) is 30.3 Å². The number of pyridine rings is 2. The van der Waals surface area contributed by atoms with Gasteiger partial charge in [-0.3, -0.25) is 20.2 Å². The Morgan fingerprint density at radius 2 is 1.23 bits per heavy atom. The van der Waals surface area contributed by atoms with Gasteiger partial charge in [0.15, 0.2) is 0 Å². The van der Waals surface area contributed by atoms with Gasteiger partial charge in [-0.2, -0.15) is 13.2 Å². The van der Waals surface area contributed by atoms with E-state index in [-0.39, 0.29) is 23.0 Å². The molecule has 0 aliphatic heterocycles. The number of nitro groups is 2. The van der Waals surface area contributed by atoms with E-state index in [1.165, 1.54) is 30.6 Å². The van der Waals surface area contributed by atoms with E-state index < -0.39 is 33.0 Å². The zero-order valence-electron chi connectivity index (χ0n) is 14.8. The SMILES string of the molecule is O=[N+]([O-])c1cccnc1Nc1cc(Nc2ncccc2[N+](=O)[O-])cc(C(F)(F)F)c1. The van der Waals surface area contributed by atoms with Crippen molar-refractivity contribution in [3.05, 3.63) is 80.7 Å². The van der Waals surface area contributed by atoms with Crippen molar-refractivity contribution in [2.24, 2.45) is 0 Å². The molecule has 30 heavy (non-hydrogen) atoms. The fourth-order valence-electron chi connectivity index (χ4n) is 2.49. The van der Waals surface area contributed by atoms with Crippen LogP contribution in [0.2, 0.25) is 0 Å². The molecule has 0 fully saturated rings. The summed E-state index contributed by atoms with van der Waals surface area (Å²) in [5.41, 5.74) is -2.32. The third-order valence-corrected chi connectivity index (χ3v) is 3.75. The molecule has 0 saturated carbocycles. The first-order chi connectivity index (χ1) is 14.1. The molecule has 0 atom stereocenters. The highest BCUT2D eigenvalue weighted by Crippen LogP contribution is 2.36. The molecule has 0 spiro atoms. The smallest absolute Gasteiger partial charge is 0.334 e. The summed E-state index contributed by atoms with van der Waals surface area (Å²) in [5.74, 6) is -0.534. The molecule has 3 rings (SSSR count). The summed E-state index contributed by atoms with van der Waals surface area (Å²) in [4.78, 5) is 28.3. The van der Waals surface area contributed by atoms with Gasteiger partial charge in [-0.1, -0.05) is 0 Å². The van der Waals surface area contributed by atoms with Crippen molar-refractivity contribution in [3.8, 4) is 0 Å². The van der Waals surface area contributed by atoms with Gasteiger partial charge in [-0.15, -0.1) is 0 Å². The van der Waals surface area contributed by atoms with Crippen LogP contribution < -0.4 is 10.6 Å². The molecular weight excluding hydrogens is 409 g/mol. The highest BCUT2D eigenvalue weighted by atomic mass is 19.4. The number of benzene rings is 1. The van der Waals surface area contributed by atoms with Gasteiger partial charge in [0.05, 0.1) is 15.4 Å². The van der Waals surface area contributed by atoms with Crippen LogP contribution in [0.1, 0.15) is 5.56 Å². The van der Waals surface area contributed by atoms with E-state index in [0.29, 0.717) is 0 Å². The van der Waals surface area contributed by atoms with E-state index in [0.717, 1.165) is 24.3 Å². The first-order valence-corrected chi connectivity index (χ1v) is 8.10. The number of nitrogens with zero attached hydrogens (tertiary/aromatic N) is 4. The zero-order valence-corrected chi connectivity index (χ0v) is 14.8. The summed E-state index contributed by atoms with van der Waals surface area (Å²) in [5, 5.41) is 27.2. The second-order valence-corrected chi connectivity index (χ2v) is 5.80. The molecule has 2 N–H and O–H groups in total. The molecule has 0 bridgehead atoms. The lowest BCUT2D eigenvalue weighted by molar-refractivity contribution is -0.384. The Morgan fingerprint density at radius 3 is 1.60 bits per heavy atom. The number of aromatic nitrogens is 2. The monoisotopic (exact) mass is 420 g/mol. The highest BCUT2D eigenvalue weighted by molar-refractivity contribution is 5.73. The summed E-state index contributed by atoms with van der Waals surface area (Å²) in [6.45, 7) is 0. The summed E-state index contributed by atoms with van der Waals surface area (Å²) >= 11 is 0. The van der Waals surface area contributed by atoms with Crippen LogP contribution in [-0.4, -0.2) is 19.8 Å². The summed E-state index contributed by atoms with van der Waals surface area (Å²) in [6.07, 6.45) is -2.28. The average Bonchev–Trinajstić information content (AvgIpc) is 2.67. The van der Waals surface area contributed by atoms with Crippen LogP contribution in [0.15, 0.2) is 54.9 Å². The molecule has 0 amide bonds. The topological polar surface area (TPSA) is 136 Å². The van der Waals surface area contributed by atoms with Gasteiger partial charge < -0.3 is 10.6 Å². The van der Waals surface area contributed by atoms with E-state index in [1.54, 1.807) is 0 Å². The van der Waals surface area contributed by atoms with Crippen LogP contribution in [0.4, 0.5) is 47.6 Å². The number of hydrogen-bond acceptors (Lipinski definition) is 8. The van der Waals surface area contributed by atoms with Gasteiger partial charge in [-0.25, -0.2) is 9.97 Å². The lowest BCUT2D eigenvalue weighted by Gasteiger charge is -2.14. The van der Waals surface area contributed by atoms with Gasteiger partial charge in [0.2, 0.25) is 11.6 Å². The fourth-order valence-corrected chi connectivity index (χ4v) is 2.49. The predicted molar refractivity (Wildman–Crippen MR) is 99.8 cm³/mol. The molecular formula is C17H11F3N6O4. The maximum atomic E-state index is 13.3. The molecule has 154 valence electrons. The first-order valence-electron chi connectivity index (χ1n) is 8.10. The Hall–Kier alpha value is -4.29. The third kappa shape index (κ3) is 4.57. The molecule has 0 aliphatic carbocycles. The quantitative estimate of drug-likeness (QED) is 0.429. The molecule has 10 nitrogen and oxygen atoms in total. The van der Waals surface area contributed by atoms with Crippen molar-refractivity contribution in [3.63, 3.8) is 0 Å². The minimum absolute atomic E-state index is 0.173. The molecule has 2 heterocycles. The number of rotatable bonds is 6. The van der Waals surface area contributed by atoms with E-state index in [4.69, 9.17) is 0 Å². The van der Waals surface area contributed by atoms with Crippen LogP contribution in [0.3, 0.4) is 0 Å². The summed E-state index contributed by atoms with van der Waals surface area (Å²) < 4.78 is 40.0. The van der Waals surface area contributed by atoms with E-state index in [9.17, 15) is 33.4 Å². The summed E-state index contributed by atoms with van der Waals surface area (Å²) in [7, 11) is 0. The van der Waals surface area contributed by atoms with Gasteiger partial charge in [0.1, 0.15) is 0 Å². The van der Waals surface area contributed by atoms with Crippen LogP contribution in [0, 0.1) is 20.2 Å².